The fraction of sp³-hybridized carbons (Fsp3) is 0.467. The number of hydrogen-bond acceptors (Lipinski definition) is 3. The van der Waals surface area contributed by atoms with Crippen molar-refractivity contribution >= 4 is 12.0 Å². The summed E-state index contributed by atoms with van der Waals surface area (Å²) in [6.07, 6.45) is 0.415. The first-order valence-corrected chi connectivity index (χ1v) is 7.19. The molecule has 0 saturated carbocycles. The summed E-state index contributed by atoms with van der Waals surface area (Å²) in [5.74, 6) is -0.854. The molecule has 0 aromatic heterocycles. The zero-order valence-electron chi connectivity index (χ0n) is 11.9. The maximum absolute atomic E-state index is 12.3. The normalized spacial score (nSPS) is 16.3. The highest BCUT2D eigenvalue weighted by molar-refractivity contribution is 5.75. The highest BCUT2D eigenvalue weighted by atomic mass is 16.4. The molecule has 1 aliphatic rings. The Balaban J connectivity index is 2.00. The Morgan fingerprint density at radius 1 is 1.24 bits per heavy atom. The fourth-order valence-corrected chi connectivity index (χ4v) is 2.38. The van der Waals surface area contributed by atoms with E-state index in [-0.39, 0.29) is 18.5 Å². The molecule has 2 amide bonds. The van der Waals surface area contributed by atoms with Crippen LogP contribution in [-0.4, -0.2) is 48.2 Å². The minimum atomic E-state index is -0.854. The molecular weight excluding hydrogens is 270 g/mol. The number of amides is 2. The number of nitrogens with one attached hydrogen (secondary N) is 2. The van der Waals surface area contributed by atoms with E-state index in [0.29, 0.717) is 19.5 Å². The largest absolute Gasteiger partial charge is 0.481 e. The van der Waals surface area contributed by atoms with Crippen LogP contribution in [0.5, 0.6) is 0 Å². The summed E-state index contributed by atoms with van der Waals surface area (Å²) < 4.78 is 0. The van der Waals surface area contributed by atoms with Crippen LogP contribution in [0.3, 0.4) is 0 Å². The molecule has 0 radical (unpaired) electrons. The van der Waals surface area contributed by atoms with Gasteiger partial charge in [0.1, 0.15) is 0 Å². The van der Waals surface area contributed by atoms with Gasteiger partial charge in [-0.2, -0.15) is 0 Å². The molecule has 0 aliphatic carbocycles. The molecule has 1 atom stereocenters. The van der Waals surface area contributed by atoms with E-state index in [1.165, 1.54) is 0 Å². The van der Waals surface area contributed by atoms with E-state index in [9.17, 15) is 9.59 Å². The molecule has 1 aliphatic heterocycles. The van der Waals surface area contributed by atoms with Crippen LogP contribution < -0.4 is 10.6 Å². The number of carboxylic acids is 1. The number of piperazine rings is 1. The van der Waals surface area contributed by atoms with Crippen molar-refractivity contribution in [1.82, 2.24) is 15.5 Å². The van der Waals surface area contributed by atoms with Crippen molar-refractivity contribution in [2.45, 2.75) is 18.9 Å². The van der Waals surface area contributed by atoms with E-state index in [1.807, 2.05) is 30.3 Å². The smallest absolute Gasteiger partial charge is 0.317 e. The van der Waals surface area contributed by atoms with Crippen LogP contribution in [0.2, 0.25) is 0 Å². The second kappa shape index (κ2) is 7.64. The van der Waals surface area contributed by atoms with Crippen LogP contribution in [0, 0.1) is 0 Å². The Bertz CT molecular complexity index is 472. The number of hydrogen-bond donors (Lipinski definition) is 3. The summed E-state index contributed by atoms with van der Waals surface area (Å²) in [4.78, 5) is 24.8. The first kappa shape index (κ1) is 15.3. The first-order valence-electron chi connectivity index (χ1n) is 7.19. The second-order valence-electron chi connectivity index (χ2n) is 5.08. The molecule has 1 heterocycles. The average molecular weight is 291 g/mol. The van der Waals surface area contributed by atoms with Gasteiger partial charge in [0.25, 0.3) is 0 Å². The van der Waals surface area contributed by atoms with E-state index in [4.69, 9.17) is 5.11 Å². The van der Waals surface area contributed by atoms with Crippen molar-refractivity contribution in [3.8, 4) is 0 Å². The molecule has 0 spiro atoms. The maximum atomic E-state index is 12.3. The summed E-state index contributed by atoms with van der Waals surface area (Å²) in [6, 6.07) is 9.09. The molecule has 1 fully saturated rings. The van der Waals surface area contributed by atoms with Gasteiger partial charge in [0.05, 0.1) is 6.04 Å². The van der Waals surface area contributed by atoms with Gasteiger partial charge < -0.3 is 20.6 Å². The van der Waals surface area contributed by atoms with Gasteiger partial charge >= 0.3 is 12.0 Å². The van der Waals surface area contributed by atoms with Crippen molar-refractivity contribution in [1.29, 1.82) is 0 Å². The Morgan fingerprint density at radius 3 is 2.52 bits per heavy atom. The van der Waals surface area contributed by atoms with Crippen LogP contribution in [0.15, 0.2) is 30.3 Å². The summed E-state index contributed by atoms with van der Waals surface area (Å²) >= 11 is 0. The quantitative estimate of drug-likeness (QED) is 0.761. The third-order valence-electron chi connectivity index (χ3n) is 3.55. The average Bonchev–Trinajstić information content (AvgIpc) is 2.52. The Kier molecular flexibility index (Phi) is 5.57. The molecule has 1 aromatic rings. The van der Waals surface area contributed by atoms with Crippen molar-refractivity contribution in [2.24, 2.45) is 0 Å². The predicted molar refractivity (Wildman–Crippen MR) is 79.0 cm³/mol. The number of carbonyl (C=O) groups excluding carboxylic acids is 1. The van der Waals surface area contributed by atoms with E-state index in [1.54, 1.807) is 4.90 Å². The van der Waals surface area contributed by atoms with Gasteiger partial charge in [-0.25, -0.2) is 4.79 Å². The van der Waals surface area contributed by atoms with E-state index in [0.717, 1.165) is 18.7 Å². The molecule has 0 bridgehead atoms. The molecule has 6 heteroatoms. The SMILES string of the molecule is O=C(O)CCC(NC(=O)N1CCNCC1)c1ccccc1. The van der Waals surface area contributed by atoms with Crippen LogP contribution in [0.25, 0.3) is 0 Å². The fourth-order valence-electron chi connectivity index (χ4n) is 2.38. The Morgan fingerprint density at radius 2 is 1.90 bits per heavy atom. The number of aliphatic carboxylic acids is 1. The lowest BCUT2D eigenvalue weighted by Crippen LogP contribution is -2.50. The van der Waals surface area contributed by atoms with Crippen molar-refractivity contribution < 1.29 is 14.7 Å². The van der Waals surface area contributed by atoms with Gasteiger partial charge in [0, 0.05) is 32.6 Å². The standard InChI is InChI=1S/C15H21N3O3/c19-14(20)7-6-13(12-4-2-1-3-5-12)17-15(21)18-10-8-16-9-11-18/h1-5,13,16H,6-11H2,(H,17,21)(H,19,20). The van der Waals surface area contributed by atoms with Gasteiger partial charge in [0.2, 0.25) is 0 Å². The van der Waals surface area contributed by atoms with Crippen molar-refractivity contribution in [3.05, 3.63) is 35.9 Å². The maximum Gasteiger partial charge on any atom is 0.317 e. The van der Waals surface area contributed by atoms with Crippen LogP contribution in [0.1, 0.15) is 24.4 Å². The van der Waals surface area contributed by atoms with Crippen molar-refractivity contribution in [2.75, 3.05) is 26.2 Å². The van der Waals surface area contributed by atoms with E-state index in [2.05, 4.69) is 10.6 Å². The minimum absolute atomic E-state index is 0.0292. The zero-order valence-corrected chi connectivity index (χ0v) is 11.9. The summed E-state index contributed by atoms with van der Waals surface area (Å²) in [6.45, 7) is 2.93. The molecule has 114 valence electrons. The molecular formula is C15H21N3O3. The third kappa shape index (κ3) is 4.75. The summed E-state index contributed by atoms with van der Waals surface area (Å²) in [5.41, 5.74) is 0.933. The van der Waals surface area contributed by atoms with Crippen molar-refractivity contribution in [3.63, 3.8) is 0 Å². The summed E-state index contributed by atoms with van der Waals surface area (Å²) in [7, 11) is 0. The molecule has 6 nitrogen and oxygen atoms in total. The lowest BCUT2D eigenvalue weighted by Gasteiger charge is -2.30. The first-order chi connectivity index (χ1) is 10.2. The second-order valence-corrected chi connectivity index (χ2v) is 5.08. The van der Waals surface area contributed by atoms with Crippen LogP contribution in [0.4, 0.5) is 4.79 Å². The Labute approximate surface area is 124 Å². The van der Waals surface area contributed by atoms with Gasteiger partial charge in [-0.15, -0.1) is 0 Å². The summed E-state index contributed by atoms with van der Waals surface area (Å²) in [5, 5.41) is 15.0. The Hall–Kier alpha value is -2.08. The highest BCUT2D eigenvalue weighted by Crippen LogP contribution is 2.18. The molecule has 1 unspecified atom stereocenters. The van der Waals surface area contributed by atoms with Crippen LogP contribution >= 0.6 is 0 Å². The zero-order chi connectivity index (χ0) is 15.1. The number of carboxylic acid groups (broad SMARTS) is 1. The topological polar surface area (TPSA) is 81.7 Å². The number of benzene rings is 1. The van der Waals surface area contributed by atoms with Gasteiger partial charge in [-0.05, 0) is 12.0 Å². The van der Waals surface area contributed by atoms with E-state index >= 15 is 0 Å². The number of carbonyl (C=O) groups is 2. The van der Waals surface area contributed by atoms with Gasteiger partial charge in [-0.3, -0.25) is 4.79 Å². The monoisotopic (exact) mass is 291 g/mol. The highest BCUT2D eigenvalue weighted by Gasteiger charge is 2.21. The lowest BCUT2D eigenvalue weighted by atomic mass is 10.0. The molecule has 21 heavy (non-hydrogen) atoms. The number of urea groups is 1. The lowest BCUT2D eigenvalue weighted by molar-refractivity contribution is -0.137. The molecule has 1 aromatic carbocycles. The minimum Gasteiger partial charge on any atom is -0.481 e. The predicted octanol–water partition coefficient (Wildman–Crippen LogP) is 1.21. The number of rotatable bonds is 5. The van der Waals surface area contributed by atoms with Gasteiger partial charge in [-0.1, -0.05) is 30.3 Å². The van der Waals surface area contributed by atoms with Gasteiger partial charge in [0.15, 0.2) is 0 Å². The molecule has 3 N–H and O–H groups in total. The number of nitrogens with zero attached hydrogens (tertiary/aromatic N) is 1. The third-order valence-corrected chi connectivity index (χ3v) is 3.55. The molecule has 1 saturated heterocycles. The van der Waals surface area contributed by atoms with E-state index < -0.39 is 5.97 Å². The van der Waals surface area contributed by atoms with Crippen LogP contribution in [-0.2, 0) is 4.79 Å². The molecule has 2 rings (SSSR count).